The van der Waals surface area contributed by atoms with Crippen LogP contribution in [-0.2, 0) is 23.8 Å². The van der Waals surface area contributed by atoms with E-state index in [0.717, 1.165) is 45.4 Å². The summed E-state index contributed by atoms with van der Waals surface area (Å²) in [5.74, 6) is 0.00831. The fourth-order valence-corrected chi connectivity index (χ4v) is 3.07. The van der Waals surface area contributed by atoms with Crippen molar-refractivity contribution in [2.24, 2.45) is 0 Å². The van der Waals surface area contributed by atoms with Crippen LogP contribution >= 0.6 is 0 Å². The molecule has 3 N–H and O–H groups in total. The van der Waals surface area contributed by atoms with Gasteiger partial charge in [0.25, 0.3) is 0 Å². The van der Waals surface area contributed by atoms with E-state index in [9.17, 15) is 9.59 Å². The van der Waals surface area contributed by atoms with Gasteiger partial charge in [0.1, 0.15) is 0 Å². The number of carbonyl (C=O) groups is 2. The van der Waals surface area contributed by atoms with Crippen LogP contribution in [0.2, 0.25) is 0 Å². The summed E-state index contributed by atoms with van der Waals surface area (Å²) in [4.78, 5) is 26.0. The number of unbranched alkanes of at least 4 members (excludes halogenated alkanes) is 1. The quantitative estimate of drug-likeness (QED) is 0.165. The van der Waals surface area contributed by atoms with E-state index < -0.39 is 0 Å². The Morgan fingerprint density at radius 1 is 0.657 bits per heavy atom. The Morgan fingerprint density at radius 3 is 1.66 bits per heavy atom. The third-order valence-electron chi connectivity index (χ3n) is 5.50. The Labute approximate surface area is 214 Å². The highest BCUT2D eigenvalue weighted by Crippen LogP contribution is 1.99. The Bertz CT molecular complexity index is 506. The maximum Gasteiger partial charge on any atom is 0.220 e. The molecule has 0 aromatic carbocycles. The number of rotatable bonds is 25. The van der Waals surface area contributed by atoms with Crippen molar-refractivity contribution in [3.8, 4) is 0 Å². The molecule has 0 aromatic rings. The largest absolute Gasteiger partial charge is 0.379 e. The van der Waals surface area contributed by atoms with E-state index in [4.69, 9.17) is 14.2 Å². The summed E-state index contributed by atoms with van der Waals surface area (Å²) >= 11 is 0. The number of hydrogen-bond donors (Lipinski definition) is 3. The Morgan fingerprint density at radius 2 is 1.14 bits per heavy atom. The van der Waals surface area contributed by atoms with Gasteiger partial charge in [-0.2, -0.15) is 0 Å². The van der Waals surface area contributed by atoms with Gasteiger partial charge < -0.3 is 35.1 Å². The van der Waals surface area contributed by atoms with Crippen LogP contribution in [0.5, 0.6) is 0 Å². The van der Waals surface area contributed by atoms with E-state index in [-0.39, 0.29) is 11.8 Å². The zero-order valence-electron chi connectivity index (χ0n) is 23.2. The molecule has 0 rings (SSSR count). The normalized spacial score (nSPS) is 11.5. The van der Waals surface area contributed by atoms with Crippen molar-refractivity contribution in [1.82, 2.24) is 20.9 Å². The van der Waals surface area contributed by atoms with Crippen molar-refractivity contribution in [2.75, 3.05) is 72.9 Å². The Kier molecular flexibility index (Phi) is 23.6. The van der Waals surface area contributed by atoms with Gasteiger partial charge in [-0.05, 0) is 66.1 Å². The predicted octanol–water partition coefficient (Wildman–Crippen LogP) is 2.34. The molecule has 0 spiro atoms. The Balaban J connectivity index is 3.33. The highest BCUT2D eigenvalue weighted by molar-refractivity contribution is 5.78. The summed E-state index contributed by atoms with van der Waals surface area (Å²) in [5, 5.41) is 9.16. The minimum absolute atomic E-state index is 0.0159. The second-order valence-electron chi connectivity index (χ2n) is 9.49. The van der Waals surface area contributed by atoms with Gasteiger partial charge in [-0.25, -0.2) is 0 Å². The highest BCUT2D eigenvalue weighted by atomic mass is 16.5. The maximum atomic E-state index is 11.9. The molecule has 0 radical (unpaired) electrons. The molecule has 0 aliphatic heterocycles. The number of hydrogen-bond acceptors (Lipinski definition) is 7. The maximum absolute atomic E-state index is 11.9. The fraction of sp³-hybridized carbons (Fsp3) is 0.923. The summed E-state index contributed by atoms with van der Waals surface area (Å²) in [6.07, 6.45) is 5.14. The van der Waals surface area contributed by atoms with Gasteiger partial charge >= 0.3 is 0 Å². The summed E-state index contributed by atoms with van der Waals surface area (Å²) < 4.78 is 16.5. The van der Waals surface area contributed by atoms with Crippen LogP contribution in [0.25, 0.3) is 0 Å². The predicted molar refractivity (Wildman–Crippen MR) is 142 cm³/mol. The van der Waals surface area contributed by atoms with E-state index in [2.05, 4.69) is 55.6 Å². The molecule has 0 aliphatic carbocycles. The van der Waals surface area contributed by atoms with Crippen molar-refractivity contribution in [1.29, 1.82) is 0 Å². The molecule has 0 aliphatic rings. The average Bonchev–Trinajstić information content (AvgIpc) is 2.80. The van der Waals surface area contributed by atoms with E-state index in [1.54, 1.807) is 0 Å². The van der Waals surface area contributed by atoms with Crippen molar-refractivity contribution in [3.05, 3.63) is 0 Å². The number of nitrogens with zero attached hydrogens (tertiary/aromatic N) is 1. The highest BCUT2D eigenvalue weighted by Gasteiger charge is 2.06. The van der Waals surface area contributed by atoms with Crippen LogP contribution in [0.15, 0.2) is 0 Å². The lowest BCUT2D eigenvalue weighted by Gasteiger charge is -2.20. The summed E-state index contributed by atoms with van der Waals surface area (Å²) in [6, 6.07) is 1.06. The molecule has 0 aromatic heterocycles. The van der Waals surface area contributed by atoms with E-state index in [0.29, 0.717) is 77.5 Å². The van der Waals surface area contributed by atoms with E-state index in [1.165, 1.54) is 0 Å². The van der Waals surface area contributed by atoms with Crippen molar-refractivity contribution in [3.63, 3.8) is 0 Å². The molecule has 0 bridgehead atoms. The van der Waals surface area contributed by atoms with Gasteiger partial charge in [-0.3, -0.25) is 9.59 Å². The van der Waals surface area contributed by atoms with Crippen LogP contribution in [-0.4, -0.2) is 102 Å². The van der Waals surface area contributed by atoms with Crippen LogP contribution in [0.1, 0.15) is 72.6 Å². The zero-order chi connectivity index (χ0) is 26.2. The SMILES string of the molecule is CC(C)NCCCOCCOCCOCCCNC(=O)CCCC(=O)NCCCCN(C)C(C)C. The summed E-state index contributed by atoms with van der Waals surface area (Å²) in [7, 11) is 2.12. The standard InChI is InChI=1S/C26H54N4O5/c1-23(2)27-14-9-17-33-19-21-35-22-20-34-18-10-15-29-26(32)12-8-11-25(31)28-13-6-7-16-30(5)24(3)4/h23-24,27H,6-22H2,1-5H3,(H,28,31)(H,29,32). The summed E-state index contributed by atoms with van der Waals surface area (Å²) in [6.45, 7) is 15.5. The first-order valence-electron chi connectivity index (χ1n) is 13.5. The monoisotopic (exact) mass is 502 g/mol. The third-order valence-corrected chi connectivity index (χ3v) is 5.50. The Hall–Kier alpha value is -1.26. The fourth-order valence-electron chi connectivity index (χ4n) is 3.07. The molecule has 35 heavy (non-hydrogen) atoms. The second kappa shape index (κ2) is 24.4. The molecule has 2 amide bonds. The molecule has 0 unspecified atom stereocenters. The van der Waals surface area contributed by atoms with Crippen LogP contribution in [0.4, 0.5) is 0 Å². The van der Waals surface area contributed by atoms with Crippen molar-refractivity contribution >= 4 is 11.8 Å². The van der Waals surface area contributed by atoms with Gasteiger partial charge in [0, 0.05) is 51.2 Å². The smallest absolute Gasteiger partial charge is 0.220 e. The molecule has 0 saturated carbocycles. The van der Waals surface area contributed by atoms with E-state index in [1.807, 2.05) is 0 Å². The first-order chi connectivity index (χ1) is 16.8. The molecule has 9 heteroatoms. The number of ether oxygens (including phenoxy) is 3. The first kappa shape index (κ1) is 33.7. The minimum Gasteiger partial charge on any atom is -0.379 e. The molecule has 0 fully saturated rings. The molecule has 0 atom stereocenters. The van der Waals surface area contributed by atoms with Gasteiger partial charge in [-0.1, -0.05) is 13.8 Å². The summed E-state index contributed by atoms with van der Waals surface area (Å²) in [5.41, 5.74) is 0. The lowest BCUT2D eigenvalue weighted by atomic mass is 10.2. The second-order valence-corrected chi connectivity index (χ2v) is 9.49. The van der Waals surface area contributed by atoms with Gasteiger partial charge in [0.2, 0.25) is 11.8 Å². The molecular weight excluding hydrogens is 448 g/mol. The molecule has 0 heterocycles. The minimum atomic E-state index is -0.0159. The molecule has 208 valence electrons. The third kappa shape index (κ3) is 25.6. The molecule has 0 saturated heterocycles. The lowest BCUT2D eigenvalue weighted by molar-refractivity contribution is -0.122. The zero-order valence-corrected chi connectivity index (χ0v) is 23.2. The van der Waals surface area contributed by atoms with Crippen molar-refractivity contribution < 1.29 is 23.8 Å². The van der Waals surface area contributed by atoms with E-state index >= 15 is 0 Å². The lowest BCUT2D eigenvalue weighted by Crippen LogP contribution is -2.29. The number of carbonyl (C=O) groups excluding carboxylic acids is 2. The van der Waals surface area contributed by atoms with Gasteiger partial charge in [0.15, 0.2) is 0 Å². The van der Waals surface area contributed by atoms with Crippen molar-refractivity contribution in [2.45, 2.75) is 84.7 Å². The first-order valence-corrected chi connectivity index (χ1v) is 13.5. The number of nitrogens with one attached hydrogen (secondary N) is 3. The topological polar surface area (TPSA) is 101 Å². The molecule has 9 nitrogen and oxygen atoms in total. The van der Waals surface area contributed by atoms with Crippen LogP contribution in [0.3, 0.4) is 0 Å². The van der Waals surface area contributed by atoms with Crippen LogP contribution in [0, 0.1) is 0 Å². The van der Waals surface area contributed by atoms with Crippen LogP contribution < -0.4 is 16.0 Å². The number of amides is 2. The molecular formula is C26H54N4O5. The van der Waals surface area contributed by atoms with Gasteiger partial charge in [-0.15, -0.1) is 0 Å². The average molecular weight is 503 g/mol. The van der Waals surface area contributed by atoms with Gasteiger partial charge in [0.05, 0.1) is 26.4 Å².